The van der Waals surface area contributed by atoms with Crippen molar-refractivity contribution in [2.75, 3.05) is 0 Å². The van der Waals surface area contributed by atoms with Crippen LogP contribution in [0.2, 0.25) is 0 Å². The smallest absolute Gasteiger partial charge is 0.316 e. The second-order valence-electron chi connectivity index (χ2n) is 6.23. The summed E-state index contributed by atoms with van der Waals surface area (Å²) >= 11 is 3.32. The molecule has 6 heteroatoms. The summed E-state index contributed by atoms with van der Waals surface area (Å²) < 4.78 is 7.63. The van der Waals surface area contributed by atoms with Crippen LogP contribution in [0.15, 0.2) is 64.0 Å². The molecule has 0 aliphatic carbocycles. The number of ether oxygens (including phenoxy) is 1. The number of esters is 1. The van der Waals surface area contributed by atoms with Gasteiger partial charge in [-0.25, -0.2) is 4.98 Å². The highest BCUT2D eigenvalue weighted by Gasteiger charge is 2.31. The number of carbonyl (C=O) groups excluding carboxylic acids is 1. The average Bonchev–Trinajstić information content (AvgIpc) is 2.61. The van der Waals surface area contributed by atoms with Crippen LogP contribution in [-0.4, -0.2) is 15.4 Å². The van der Waals surface area contributed by atoms with Crippen molar-refractivity contribution in [1.82, 2.24) is 9.38 Å². The number of halogens is 1. The molecule has 2 heterocycles. The van der Waals surface area contributed by atoms with Crippen LogP contribution in [0.1, 0.15) is 25.1 Å². The first kappa shape index (κ1) is 17.4. The van der Waals surface area contributed by atoms with E-state index in [0.29, 0.717) is 11.3 Å². The molecule has 0 saturated carbocycles. The lowest BCUT2D eigenvalue weighted by atomic mass is 9.85. The van der Waals surface area contributed by atoms with Crippen LogP contribution in [0.4, 0.5) is 0 Å². The van der Waals surface area contributed by atoms with Gasteiger partial charge in [-0.1, -0.05) is 30.3 Å². The average molecular weight is 401 g/mol. The van der Waals surface area contributed by atoms with Crippen molar-refractivity contribution in [2.24, 2.45) is 0 Å². The summed E-state index contributed by atoms with van der Waals surface area (Å²) in [6.45, 7) is 3.58. The monoisotopic (exact) mass is 400 g/mol. The molecule has 0 amide bonds. The van der Waals surface area contributed by atoms with Crippen LogP contribution >= 0.6 is 15.9 Å². The van der Waals surface area contributed by atoms with Crippen molar-refractivity contribution < 1.29 is 9.53 Å². The van der Waals surface area contributed by atoms with Gasteiger partial charge < -0.3 is 4.74 Å². The number of nitrogens with zero attached hydrogens (tertiary/aromatic N) is 2. The Morgan fingerprint density at radius 2 is 1.92 bits per heavy atom. The molecular weight excluding hydrogens is 384 g/mol. The molecule has 128 valence electrons. The maximum atomic E-state index is 12.5. The molecular formula is C19H17BrN2O3. The van der Waals surface area contributed by atoms with E-state index in [1.54, 1.807) is 18.3 Å². The molecule has 1 aromatic carbocycles. The molecule has 3 aromatic rings. The van der Waals surface area contributed by atoms with Crippen LogP contribution in [0, 0.1) is 0 Å². The van der Waals surface area contributed by atoms with Gasteiger partial charge in [-0.2, -0.15) is 0 Å². The molecule has 3 rings (SSSR count). The molecule has 5 nitrogen and oxygen atoms in total. The number of rotatable bonds is 4. The summed E-state index contributed by atoms with van der Waals surface area (Å²) in [5, 5.41) is 0. The van der Waals surface area contributed by atoms with E-state index in [1.165, 1.54) is 10.5 Å². The van der Waals surface area contributed by atoms with Gasteiger partial charge in [0.05, 0.1) is 11.1 Å². The summed E-state index contributed by atoms with van der Waals surface area (Å²) in [5.74, 6) is -0.364. The molecule has 0 fully saturated rings. The fourth-order valence-electron chi connectivity index (χ4n) is 2.49. The fourth-order valence-corrected chi connectivity index (χ4v) is 2.83. The van der Waals surface area contributed by atoms with E-state index < -0.39 is 5.41 Å². The minimum absolute atomic E-state index is 0.0447. The number of fused-ring (bicyclic) bond motifs is 1. The zero-order chi connectivity index (χ0) is 18.0. The van der Waals surface area contributed by atoms with Gasteiger partial charge in [0.1, 0.15) is 12.3 Å². The Bertz CT molecular complexity index is 981. The third-order valence-corrected chi connectivity index (χ3v) is 4.50. The van der Waals surface area contributed by atoms with E-state index in [9.17, 15) is 9.59 Å². The van der Waals surface area contributed by atoms with Gasteiger partial charge in [0.25, 0.3) is 5.56 Å². The van der Waals surface area contributed by atoms with Crippen molar-refractivity contribution in [1.29, 1.82) is 0 Å². The second-order valence-corrected chi connectivity index (χ2v) is 7.14. The number of aromatic nitrogens is 2. The fraction of sp³-hybridized carbons (Fsp3) is 0.211. The van der Waals surface area contributed by atoms with E-state index in [2.05, 4.69) is 20.9 Å². The summed E-state index contributed by atoms with van der Waals surface area (Å²) in [6.07, 6.45) is 1.65. The molecule has 0 saturated heterocycles. The third kappa shape index (κ3) is 3.64. The van der Waals surface area contributed by atoms with E-state index in [4.69, 9.17) is 4.74 Å². The van der Waals surface area contributed by atoms with Gasteiger partial charge in [0, 0.05) is 16.7 Å². The number of carbonyl (C=O) groups is 1. The van der Waals surface area contributed by atoms with Crippen molar-refractivity contribution in [3.63, 3.8) is 0 Å². The lowest BCUT2D eigenvalue weighted by Crippen LogP contribution is -2.31. The van der Waals surface area contributed by atoms with Crippen molar-refractivity contribution in [3.8, 4) is 0 Å². The van der Waals surface area contributed by atoms with Gasteiger partial charge in [-0.15, -0.1) is 0 Å². The molecule has 25 heavy (non-hydrogen) atoms. The van der Waals surface area contributed by atoms with Crippen LogP contribution in [-0.2, 0) is 21.6 Å². The summed E-state index contributed by atoms with van der Waals surface area (Å²) in [6, 6.07) is 14.3. The largest absolute Gasteiger partial charge is 0.459 e. The van der Waals surface area contributed by atoms with Gasteiger partial charge in [0.2, 0.25) is 0 Å². The Morgan fingerprint density at radius 3 is 2.64 bits per heavy atom. The standard InChI is InChI=1S/C19H17BrN2O3/c1-19(2,13-6-4-3-5-7-13)18(24)25-12-15-10-17(23)22-11-14(20)8-9-16(22)21-15/h3-11H,12H2,1-2H3. The topological polar surface area (TPSA) is 60.7 Å². The van der Waals surface area contributed by atoms with Gasteiger partial charge in [0.15, 0.2) is 0 Å². The summed E-state index contributed by atoms with van der Waals surface area (Å²) in [5.41, 5.74) is 0.794. The van der Waals surface area contributed by atoms with Crippen molar-refractivity contribution in [3.05, 3.63) is 80.8 Å². The lowest BCUT2D eigenvalue weighted by molar-refractivity contribution is -0.150. The van der Waals surface area contributed by atoms with Crippen LogP contribution in [0.5, 0.6) is 0 Å². The Morgan fingerprint density at radius 1 is 1.20 bits per heavy atom. The Hall–Kier alpha value is -2.47. The molecule has 0 aliphatic heterocycles. The van der Waals surface area contributed by atoms with E-state index in [-0.39, 0.29) is 18.1 Å². The zero-order valence-electron chi connectivity index (χ0n) is 13.9. The number of benzene rings is 1. The quantitative estimate of drug-likeness (QED) is 0.629. The first-order chi connectivity index (χ1) is 11.9. The second kappa shape index (κ2) is 6.80. The highest BCUT2D eigenvalue weighted by atomic mass is 79.9. The third-order valence-electron chi connectivity index (χ3n) is 4.03. The molecule has 2 aromatic heterocycles. The summed E-state index contributed by atoms with van der Waals surface area (Å²) in [7, 11) is 0. The minimum Gasteiger partial charge on any atom is -0.459 e. The maximum Gasteiger partial charge on any atom is 0.316 e. The predicted octanol–water partition coefficient (Wildman–Crippen LogP) is 3.48. The molecule has 0 aliphatic rings. The Labute approximate surface area is 153 Å². The SMILES string of the molecule is CC(C)(C(=O)OCc1cc(=O)n2cc(Br)ccc2n1)c1ccccc1. The summed E-state index contributed by atoms with van der Waals surface area (Å²) in [4.78, 5) is 29.0. The van der Waals surface area contributed by atoms with Crippen LogP contribution in [0.3, 0.4) is 0 Å². The maximum absolute atomic E-state index is 12.5. The highest BCUT2D eigenvalue weighted by molar-refractivity contribution is 9.10. The van der Waals surface area contributed by atoms with Crippen LogP contribution in [0.25, 0.3) is 5.65 Å². The normalized spacial score (nSPS) is 11.5. The zero-order valence-corrected chi connectivity index (χ0v) is 15.5. The number of hydrogen-bond acceptors (Lipinski definition) is 4. The first-order valence-corrected chi connectivity index (χ1v) is 8.58. The predicted molar refractivity (Wildman–Crippen MR) is 98.4 cm³/mol. The van der Waals surface area contributed by atoms with E-state index >= 15 is 0 Å². The molecule has 0 atom stereocenters. The number of hydrogen-bond donors (Lipinski definition) is 0. The minimum atomic E-state index is -0.780. The van der Waals surface area contributed by atoms with Gasteiger partial charge in [-0.05, 0) is 47.5 Å². The Balaban J connectivity index is 1.79. The van der Waals surface area contributed by atoms with Crippen LogP contribution < -0.4 is 5.56 Å². The van der Waals surface area contributed by atoms with E-state index in [1.807, 2.05) is 44.2 Å². The van der Waals surface area contributed by atoms with Crippen molar-refractivity contribution in [2.45, 2.75) is 25.9 Å². The molecule has 0 N–H and O–H groups in total. The number of pyridine rings is 1. The highest BCUT2D eigenvalue weighted by Crippen LogP contribution is 2.24. The molecule has 0 radical (unpaired) electrons. The first-order valence-electron chi connectivity index (χ1n) is 7.78. The van der Waals surface area contributed by atoms with Gasteiger partial charge in [-0.3, -0.25) is 14.0 Å². The lowest BCUT2D eigenvalue weighted by Gasteiger charge is -2.23. The van der Waals surface area contributed by atoms with Gasteiger partial charge >= 0.3 is 5.97 Å². The van der Waals surface area contributed by atoms with E-state index in [0.717, 1.165) is 10.0 Å². The molecule has 0 spiro atoms. The van der Waals surface area contributed by atoms with Crippen molar-refractivity contribution >= 4 is 27.5 Å². The molecule has 0 unspecified atom stereocenters. The molecule has 0 bridgehead atoms. The Kier molecular flexibility index (Phi) is 4.72.